The van der Waals surface area contributed by atoms with Gasteiger partial charge in [-0.05, 0) is 36.1 Å². The Balaban J connectivity index is 1.52. The van der Waals surface area contributed by atoms with E-state index in [9.17, 15) is 36.3 Å². The summed E-state index contributed by atoms with van der Waals surface area (Å²) in [6.07, 6.45) is -4.14. The number of aliphatic carboxylic acids is 1. The highest BCUT2D eigenvalue weighted by molar-refractivity contribution is 7.91. The van der Waals surface area contributed by atoms with Gasteiger partial charge in [-0.25, -0.2) is 8.42 Å². The largest absolute Gasteiger partial charge is 0.480 e. The van der Waals surface area contributed by atoms with Crippen molar-refractivity contribution in [3.05, 3.63) is 59.4 Å². The zero-order valence-corrected chi connectivity index (χ0v) is 19.3. The quantitative estimate of drug-likeness (QED) is 0.385. The molecule has 4 rings (SSSR count). The number of carbonyl (C=O) groups is 2. The monoisotopic (exact) mass is 529 g/mol. The molecule has 2 atom stereocenters. The molecule has 3 aromatic rings. The minimum Gasteiger partial charge on any atom is -0.480 e. The van der Waals surface area contributed by atoms with Crippen molar-refractivity contribution >= 4 is 33.2 Å². The van der Waals surface area contributed by atoms with Gasteiger partial charge in [0.25, 0.3) is 10.0 Å². The molecule has 1 saturated carbocycles. The SMILES string of the molecule is NC(=O)CCc1ccc([C@@H]2C[C@@]2(NS(=O)(=O)c2ccc(-c3cc(C(F)(F)F)on3)s2)C(=O)O)cc1. The second-order valence-electron chi connectivity index (χ2n) is 8.04. The second-order valence-corrected chi connectivity index (χ2v) is 11.0. The number of hydrogen-bond donors (Lipinski definition) is 3. The molecule has 1 amide bonds. The van der Waals surface area contributed by atoms with Crippen molar-refractivity contribution in [1.29, 1.82) is 0 Å². The lowest BCUT2D eigenvalue weighted by Crippen LogP contribution is -2.44. The van der Waals surface area contributed by atoms with Crippen LogP contribution in [0, 0.1) is 0 Å². The molecule has 0 bridgehead atoms. The van der Waals surface area contributed by atoms with Gasteiger partial charge in [0.05, 0.1) is 4.88 Å². The number of halogens is 3. The van der Waals surface area contributed by atoms with Gasteiger partial charge in [0.15, 0.2) is 0 Å². The van der Waals surface area contributed by atoms with Gasteiger partial charge in [0, 0.05) is 18.4 Å². The predicted octanol–water partition coefficient (Wildman–Crippen LogP) is 3.13. The normalized spacial score (nSPS) is 20.0. The number of rotatable bonds is 9. The van der Waals surface area contributed by atoms with Crippen LogP contribution < -0.4 is 10.5 Å². The molecular weight excluding hydrogens is 511 g/mol. The van der Waals surface area contributed by atoms with E-state index in [1.165, 1.54) is 6.07 Å². The Morgan fingerprint density at radius 2 is 1.91 bits per heavy atom. The van der Waals surface area contributed by atoms with Gasteiger partial charge in [-0.3, -0.25) is 9.59 Å². The molecule has 0 spiro atoms. The molecule has 14 heteroatoms. The first kappa shape index (κ1) is 24.9. The highest BCUT2D eigenvalue weighted by Crippen LogP contribution is 2.52. The van der Waals surface area contributed by atoms with Crippen LogP contribution in [0.25, 0.3) is 10.6 Å². The fourth-order valence-electron chi connectivity index (χ4n) is 3.66. The van der Waals surface area contributed by atoms with Crippen LogP contribution in [0.4, 0.5) is 13.2 Å². The molecule has 0 saturated heterocycles. The molecule has 0 aliphatic heterocycles. The van der Waals surface area contributed by atoms with Crippen LogP contribution in [-0.2, 0) is 32.2 Å². The highest BCUT2D eigenvalue weighted by atomic mass is 32.2. The van der Waals surface area contributed by atoms with Crippen molar-refractivity contribution in [2.45, 2.75) is 41.1 Å². The van der Waals surface area contributed by atoms with E-state index in [1.54, 1.807) is 24.3 Å². The maximum Gasteiger partial charge on any atom is 0.452 e. The number of thiophene rings is 1. The molecule has 9 nitrogen and oxygen atoms in total. The maximum absolute atomic E-state index is 12.9. The zero-order chi connectivity index (χ0) is 25.6. The third-order valence-corrected chi connectivity index (χ3v) is 8.70. The van der Waals surface area contributed by atoms with Crippen molar-refractivity contribution in [2.24, 2.45) is 5.73 Å². The molecule has 0 radical (unpaired) electrons. The minimum atomic E-state index is -4.74. The van der Waals surface area contributed by atoms with Gasteiger partial charge < -0.3 is 15.4 Å². The molecule has 35 heavy (non-hydrogen) atoms. The van der Waals surface area contributed by atoms with Crippen molar-refractivity contribution in [3.63, 3.8) is 0 Å². The van der Waals surface area contributed by atoms with Crippen LogP contribution in [0.15, 0.2) is 51.2 Å². The van der Waals surface area contributed by atoms with E-state index in [1.807, 2.05) is 0 Å². The highest BCUT2D eigenvalue weighted by Gasteiger charge is 2.63. The van der Waals surface area contributed by atoms with Crippen LogP contribution >= 0.6 is 11.3 Å². The Morgan fingerprint density at radius 3 is 2.49 bits per heavy atom. The van der Waals surface area contributed by atoms with Crippen LogP contribution in [0.5, 0.6) is 0 Å². The number of sulfonamides is 1. The Morgan fingerprint density at radius 1 is 1.23 bits per heavy atom. The summed E-state index contributed by atoms with van der Waals surface area (Å²) in [5.41, 5.74) is 4.59. The number of nitrogens with two attached hydrogens (primary N) is 1. The Kier molecular flexibility index (Phi) is 6.23. The first-order valence-corrected chi connectivity index (χ1v) is 12.4. The topological polar surface area (TPSA) is 153 Å². The summed E-state index contributed by atoms with van der Waals surface area (Å²) in [5.74, 6) is -3.76. The number of benzene rings is 1. The molecule has 2 heterocycles. The minimum absolute atomic E-state index is 0.0126. The van der Waals surface area contributed by atoms with Gasteiger partial charge in [0.2, 0.25) is 11.7 Å². The Labute approximate surface area is 200 Å². The van der Waals surface area contributed by atoms with E-state index in [-0.39, 0.29) is 27.6 Å². The molecule has 1 aromatic carbocycles. The third kappa shape index (κ3) is 5.09. The molecule has 1 fully saturated rings. The van der Waals surface area contributed by atoms with Crippen LogP contribution in [0.3, 0.4) is 0 Å². The number of nitrogens with one attached hydrogen (secondary N) is 1. The fraction of sp³-hybridized carbons (Fsp3) is 0.286. The summed E-state index contributed by atoms with van der Waals surface area (Å²) in [6.45, 7) is 0. The van der Waals surface area contributed by atoms with Gasteiger partial charge >= 0.3 is 12.1 Å². The molecule has 1 aliphatic rings. The zero-order valence-electron chi connectivity index (χ0n) is 17.7. The van der Waals surface area contributed by atoms with Gasteiger partial charge in [-0.2, -0.15) is 17.9 Å². The number of primary amides is 1. The molecule has 4 N–H and O–H groups in total. The number of amides is 1. The van der Waals surface area contributed by atoms with E-state index in [2.05, 4.69) is 14.4 Å². The second kappa shape index (κ2) is 8.77. The number of carbonyl (C=O) groups excluding carboxylic acids is 1. The smallest absolute Gasteiger partial charge is 0.452 e. The Hall–Kier alpha value is -3.23. The summed E-state index contributed by atoms with van der Waals surface area (Å²) in [4.78, 5) is 23.1. The number of carboxylic acid groups (broad SMARTS) is 1. The summed E-state index contributed by atoms with van der Waals surface area (Å²) < 4.78 is 70.4. The lowest BCUT2D eigenvalue weighted by molar-refractivity contribution is -0.155. The van der Waals surface area contributed by atoms with E-state index < -0.39 is 45.3 Å². The standard InChI is InChI=1S/C21H18F3N3O6S2/c22-21(23,24)16-9-14(26-33-16)15-6-8-18(34-15)35(31,32)27-20(19(29)30)10-13(20)12-4-1-11(2-5-12)3-7-17(25)28/h1-2,4-6,8-9,13,27H,3,7,10H2,(H2,25,28)(H,29,30)/t13-,20-/m0/s1. The number of aromatic nitrogens is 1. The number of alkyl halides is 3. The number of carboxylic acids is 1. The molecule has 1 aliphatic carbocycles. The summed E-state index contributed by atoms with van der Waals surface area (Å²) >= 11 is 0.633. The maximum atomic E-state index is 12.9. The average Bonchev–Trinajstić information content (AvgIpc) is 3.13. The first-order chi connectivity index (χ1) is 16.3. The molecular formula is C21H18F3N3O6S2. The van der Waals surface area contributed by atoms with Crippen molar-refractivity contribution in [3.8, 4) is 10.6 Å². The first-order valence-electron chi connectivity index (χ1n) is 10.1. The average molecular weight is 530 g/mol. The van der Waals surface area contributed by atoms with Crippen molar-refractivity contribution < 1.29 is 40.8 Å². The number of nitrogens with zero attached hydrogens (tertiary/aromatic N) is 1. The number of aryl methyl sites for hydroxylation is 1. The van der Waals surface area contributed by atoms with Crippen LogP contribution in [-0.4, -0.2) is 36.1 Å². The molecule has 186 valence electrons. The number of hydrogen-bond acceptors (Lipinski definition) is 7. The van der Waals surface area contributed by atoms with Crippen molar-refractivity contribution in [1.82, 2.24) is 9.88 Å². The van der Waals surface area contributed by atoms with Gasteiger partial charge in [-0.15, -0.1) is 11.3 Å². The van der Waals surface area contributed by atoms with Gasteiger partial charge in [0.1, 0.15) is 15.4 Å². The van der Waals surface area contributed by atoms with Crippen LogP contribution in [0.2, 0.25) is 0 Å². The van der Waals surface area contributed by atoms with E-state index >= 15 is 0 Å². The van der Waals surface area contributed by atoms with Crippen LogP contribution in [0.1, 0.15) is 35.6 Å². The van der Waals surface area contributed by atoms with E-state index in [4.69, 9.17) is 5.73 Å². The fourth-order valence-corrected chi connectivity index (χ4v) is 6.32. The molecule has 0 unspecified atom stereocenters. The Bertz CT molecular complexity index is 1380. The summed E-state index contributed by atoms with van der Waals surface area (Å²) in [6, 6.07) is 9.86. The van der Waals surface area contributed by atoms with E-state index in [0.29, 0.717) is 29.4 Å². The predicted molar refractivity (Wildman–Crippen MR) is 117 cm³/mol. The lowest BCUT2D eigenvalue weighted by atomic mass is 10.0. The van der Waals surface area contributed by atoms with Gasteiger partial charge in [-0.1, -0.05) is 29.4 Å². The molecule has 2 aromatic heterocycles. The third-order valence-electron chi connectivity index (χ3n) is 5.59. The van der Waals surface area contributed by atoms with Crippen molar-refractivity contribution in [2.75, 3.05) is 0 Å². The summed E-state index contributed by atoms with van der Waals surface area (Å²) in [7, 11) is -4.32. The lowest BCUT2D eigenvalue weighted by Gasteiger charge is -2.15. The summed E-state index contributed by atoms with van der Waals surface area (Å²) in [5, 5.41) is 13.1. The van der Waals surface area contributed by atoms with E-state index in [0.717, 1.165) is 11.6 Å².